The highest BCUT2D eigenvalue weighted by atomic mass is 16.5. The molecule has 21 heavy (non-hydrogen) atoms. The number of aryl methyl sites for hydroxylation is 1. The molecule has 1 aliphatic carbocycles. The Bertz CT molecular complexity index is 545. The molecule has 0 radical (unpaired) electrons. The van der Waals surface area contributed by atoms with Crippen LogP contribution in [0.5, 0.6) is 0 Å². The van der Waals surface area contributed by atoms with Gasteiger partial charge in [0.1, 0.15) is 0 Å². The summed E-state index contributed by atoms with van der Waals surface area (Å²) in [6.07, 6.45) is 4.69. The summed E-state index contributed by atoms with van der Waals surface area (Å²) in [6, 6.07) is 5.93. The molecule has 1 aliphatic heterocycles. The van der Waals surface area contributed by atoms with Gasteiger partial charge in [-0.15, -0.1) is 0 Å². The fourth-order valence-corrected chi connectivity index (χ4v) is 3.42. The van der Waals surface area contributed by atoms with E-state index < -0.39 is 6.10 Å². The maximum Gasteiger partial charge on any atom is 0.227 e. The van der Waals surface area contributed by atoms with Gasteiger partial charge >= 0.3 is 0 Å². The second kappa shape index (κ2) is 5.43. The van der Waals surface area contributed by atoms with E-state index in [-0.39, 0.29) is 11.5 Å². The fourth-order valence-electron chi connectivity index (χ4n) is 3.42. The van der Waals surface area contributed by atoms with Crippen LogP contribution in [0.1, 0.15) is 49.3 Å². The molecule has 114 valence electrons. The summed E-state index contributed by atoms with van der Waals surface area (Å²) in [5, 5.41) is 10.5. The van der Waals surface area contributed by atoms with Crippen LogP contribution >= 0.6 is 0 Å². The highest BCUT2D eigenvalue weighted by Crippen LogP contribution is 2.42. The molecule has 1 fully saturated rings. The molecular weight excluding hydrogens is 266 g/mol. The van der Waals surface area contributed by atoms with Crippen LogP contribution in [0.2, 0.25) is 0 Å². The van der Waals surface area contributed by atoms with E-state index in [1.165, 1.54) is 6.42 Å². The molecule has 1 amide bonds. The van der Waals surface area contributed by atoms with E-state index in [4.69, 9.17) is 4.74 Å². The quantitative estimate of drug-likeness (QED) is 0.927. The van der Waals surface area contributed by atoms with Crippen LogP contribution in [0.15, 0.2) is 18.2 Å². The molecule has 1 aromatic rings. The average Bonchev–Trinajstić information content (AvgIpc) is 2.46. The van der Waals surface area contributed by atoms with Gasteiger partial charge in [0.25, 0.3) is 0 Å². The van der Waals surface area contributed by atoms with Crippen molar-refractivity contribution in [1.82, 2.24) is 0 Å². The van der Waals surface area contributed by atoms with Crippen molar-refractivity contribution < 1.29 is 14.6 Å². The van der Waals surface area contributed by atoms with Gasteiger partial charge in [-0.25, -0.2) is 0 Å². The molecule has 4 heteroatoms. The number of amides is 1. The summed E-state index contributed by atoms with van der Waals surface area (Å²) in [7, 11) is 3.55. The number of aliphatic hydroxyl groups excluding tert-OH is 1. The SMILES string of the molecule is COC1(CC(O)c2ccc3c(c2)CCC(=O)N3C)CCC1. The van der Waals surface area contributed by atoms with Gasteiger partial charge in [-0.3, -0.25) is 4.79 Å². The fraction of sp³-hybridized carbons (Fsp3) is 0.588. The van der Waals surface area contributed by atoms with Crippen molar-refractivity contribution in [2.24, 2.45) is 0 Å². The van der Waals surface area contributed by atoms with E-state index in [9.17, 15) is 9.90 Å². The molecule has 4 nitrogen and oxygen atoms in total. The lowest BCUT2D eigenvalue weighted by Crippen LogP contribution is -2.40. The highest BCUT2D eigenvalue weighted by Gasteiger charge is 2.39. The van der Waals surface area contributed by atoms with Crippen molar-refractivity contribution in [3.8, 4) is 0 Å². The molecular formula is C17H23NO3. The Morgan fingerprint density at radius 3 is 2.76 bits per heavy atom. The Hall–Kier alpha value is -1.39. The van der Waals surface area contributed by atoms with E-state index in [1.54, 1.807) is 12.0 Å². The normalized spacial score (nSPS) is 21.7. The summed E-state index contributed by atoms with van der Waals surface area (Å²) in [5.74, 6) is 0.156. The lowest BCUT2D eigenvalue weighted by atomic mass is 9.75. The molecule has 1 saturated carbocycles. The first kappa shape index (κ1) is 14.5. The number of hydrogen-bond acceptors (Lipinski definition) is 3. The van der Waals surface area contributed by atoms with Crippen molar-refractivity contribution >= 4 is 11.6 Å². The van der Waals surface area contributed by atoms with Gasteiger partial charge in [-0.05, 0) is 42.9 Å². The Labute approximate surface area is 125 Å². The van der Waals surface area contributed by atoms with Crippen LogP contribution in [0.3, 0.4) is 0 Å². The van der Waals surface area contributed by atoms with Crippen molar-refractivity contribution in [2.45, 2.75) is 50.2 Å². The first-order chi connectivity index (χ1) is 10.0. The number of rotatable bonds is 4. The summed E-state index contributed by atoms with van der Waals surface area (Å²) < 4.78 is 5.60. The number of carbonyl (C=O) groups excluding carboxylic acids is 1. The second-order valence-corrected chi connectivity index (χ2v) is 6.30. The number of aliphatic hydroxyl groups is 1. The first-order valence-electron chi connectivity index (χ1n) is 7.67. The molecule has 0 saturated heterocycles. The monoisotopic (exact) mass is 289 g/mol. The summed E-state index contributed by atoms with van der Waals surface area (Å²) >= 11 is 0. The molecule has 0 aromatic heterocycles. The van der Waals surface area contributed by atoms with Crippen molar-refractivity contribution in [3.63, 3.8) is 0 Å². The predicted molar refractivity (Wildman–Crippen MR) is 81.3 cm³/mol. The number of carbonyl (C=O) groups is 1. The molecule has 1 atom stereocenters. The van der Waals surface area contributed by atoms with E-state index >= 15 is 0 Å². The maximum atomic E-state index is 11.7. The lowest BCUT2D eigenvalue weighted by Gasteiger charge is -2.42. The minimum atomic E-state index is -0.501. The number of ether oxygens (including phenoxy) is 1. The van der Waals surface area contributed by atoms with Crippen LogP contribution < -0.4 is 4.90 Å². The Morgan fingerprint density at radius 1 is 1.38 bits per heavy atom. The number of methoxy groups -OCH3 is 1. The van der Waals surface area contributed by atoms with Gasteiger partial charge in [0.15, 0.2) is 0 Å². The van der Waals surface area contributed by atoms with Gasteiger partial charge in [-0.1, -0.05) is 12.1 Å². The van der Waals surface area contributed by atoms with Crippen molar-refractivity contribution in [2.75, 3.05) is 19.1 Å². The zero-order valence-electron chi connectivity index (χ0n) is 12.8. The van der Waals surface area contributed by atoms with Gasteiger partial charge in [-0.2, -0.15) is 0 Å². The average molecular weight is 289 g/mol. The molecule has 1 aromatic carbocycles. The van der Waals surface area contributed by atoms with Crippen LogP contribution in [0, 0.1) is 0 Å². The van der Waals surface area contributed by atoms with Crippen LogP contribution in [-0.4, -0.2) is 30.8 Å². The lowest BCUT2D eigenvalue weighted by molar-refractivity contribution is -0.118. The summed E-state index contributed by atoms with van der Waals surface area (Å²) in [4.78, 5) is 13.4. The molecule has 1 heterocycles. The molecule has 1 unspecified atom stereocenters. The van der Waals surface area contributed by atoms with Crippen molar-refractivity contribution in [3.05, 3.63) is 29.3 Å². The number of nitrogens with zero attached hydrogens (tertiary/aromatic N) is 1. The largest absolute Gasteiger partial charge is 0.388 e. The zero-order chi connectivity index (χ0) is 15.0. The summed E-state index contributed by atoms with van der Waals surface area (Å²) in [6.45, 7) is 0. The number of anilines is 1. The number of hydrogen-bond donors (Lipinski definition) is 1. The van der Waals surface area contributed by atoms with Gasteiger partial charge in [0.2, 0.25) is 5.91 Å². The second-order valence-electron chi connectivity index (χ2n) is 6.30. The standard InChI is InChI=1S/C17H23NO3/c1-18-14-6-4-13(10-12(14)5-7-16(18)20)15(19)11-17(21-2)8-3-9-17/h4,6,10,15,19H,3,5,7-9,11H2,1-2H3. The highest BCUT2D eigenvalue weighted by molar-refractivity contribution is 5.95. The Balaban J connectivity index is 1.79. The van der Waals surface area contributed by atoms with Gasteiger partial charge in [0, 0.05) is 32.7 Å². The smallest absolute Gasteiger partial charge is 0.227 e. The van der Waals surface area contributed by atoms with E-state index in [0.717, 1.165) is 36.1 Å². The number of benzene rings is 1. The van der Waals surface area contributed by atoms with Crippen LogP contribution in [0.25, 0.3) is 0 Å². The molecule has 0 spiro atoms. The molecule has 3 rings (SSSR count). The maximum absolute atomic E-state index is 11.7. The topological polar surface area (TPSA) is 49.8 Å². The minimum Gasteiger partial charge on any atom is -0.388 e. The third-order valence-corrected chi connectivity index (χ3v) is 5.10. The third kappa shape index (κ3) is 2.58. The Morgan fingerprint density at radius 2 is 2.14 bits per heavy atom. The third-order valence-electron chi connectivity index (χ3n) is 5.10. The Kier molecular flexibility index (Phi) is 3.76. The van der Waals surface area contributed by atoms with Crippen LogP contribution in [-0.2, 0) is 16.0 Å². The first-order valence-corrected chi connectivity index (χ1v) is 7.67. The molecule has 0 bridgehead atoms. The number of fused-ring (bicyclic) bond motifs is 1. The van der Waals surface area contributed by atoms with Crippen molar-refractivity contribution in [1.29, 1.82) is 0 Å². The van der Waals surface area contributed by atoms with E-state index in [1.807, 2.05) is 25.2 Å². The molecule has 1 N–H and O–H groups in total. The zero-order valence-corrected chi connectivity index (χ0v) is 12.8. The van der Waals surface area contributed by atoms with E-state index in [2.05, 4.69) is 0 Å². The van der Waals surface area contributed by atoms with Gasteiger partial charge < -0.3 is 14.7 Å². The minimum absolute atomic E-state index is 0.137. The van der Waals surface area contributed by atoms with Gasteiger partial charge in [0.05, 0.1) is 11.7 Å². The predicted octanol–water partition coefficient (Wildman–Crippen LogP) is 2.59. The van der Waals surface area contributed by atoms with Crippen LogP contribution in [0.4, 0.5) is 5.69 Å². The van der Waals surface area contributed by atoms with E-state index in [0.29, 0.717) is 12.8 Å². The molecule has 2 aliphatic rings. The summed E-state index contributed by atoms with van der Waals surface area (Å²) in [5.41, 5.74) is 2.91.